The molecular weight excluding hydrogens is 248 g/mol. The minimum atomic E-state index is 0.149. The van der Waals surface area contributed by atoms with Gasteiger partial charge in [-0.3, -0.25) is 4.79 Å². The van der Waals surface area contributed by atoms with Gasteiger partial charge in [-0.15, -0.1) is 0 Å². The highest BCUT2D eigenvalue weighted by Gasteiger charge is 2.23. The zero-order valence-corrected chi connectivity index (χ0v) is 12.9. The van der Waals surface area contributed by atoms with Crippen molar-refractivity contribution in [1.82, 2.24) is 10.2 Å². The summed E-state index contributed by atoms with van der Waals surface area (Å²) in [6.45, 7) is 8.10. The van der Waals surface area contributed by atoms with Gasteiger partial charge in [0.25, 0.3) is 5.91 Å². The van der Waals surface area contributed by atoms with Gasteiger partial charge in [-0.2, -0.15) is 0 Å². The van der Waals surface area contributed by atoms with Crippen LogP contribution in [-0.2, 0) is 0 Å². The Morgan fingerprint density at radius 2 is 2.20 bits per heavy atom. The van der Waals surface area contributed by atoms with Gasteiger partial charge in [0, 0.05) is 24.2 Å². The number of nitrogens with one attached hydrogen (secondary N) is 1. The maximum absolute atomic E-state index is 12.7. The summed E-state index contributed by atoms with van der Waals surface area (Å²) in [7, 11) is 0. The van der Waals surface area contributed by atoms with Crippen molar-refractivity contribution in [3.8, 4) is 0 Å². The van der Waals surface area contributed by atoms with Gasteiger partial charge in [0.1, 0.15) is 0 Å². The number of carbonyl (C=O) groups is 1. The van der Waals surface area contributed by atoms with Crippen molar-refractivity contribution < 1.29 is 4.79 Å². The summed E-state index contributed by atoms with van der Waals surface area (Å²) in [4.78, 5) is 14.7. The molecule has 0 aliphatic carbocycles. The predicted octanol–water partition coefficient (Wildman–Crippen LogP) is 2.99. The second-order valence-corrected chi connectivity index (χ2v) is 6.07. The molecule has 20 heavy (non-hydrogen) atoms. The molecule has 0 saturated carbocycles. The molecule has 1 amide bonds. The zero-order valence-electron chi connectivity index (χ0n) is 12.9. The minimum Gasteiger partial charge on any atom is -0.335 e. The van der Waals surface area contributed by atoms with E-state index in [1.165, 1.54) is 19.3 Å². The van der Waals surface area contributed by atoms with E-state index in [0.717, 1.165) is 24.2 Å². The lowest BCUT2D eigenvalue weighted by molar-refractivity contribution is 0.0676. The van der Waals surface area contributed by atoms with Crippen LogP contribution in [0.15, 0.2) is 24.3 Å². The van der Waals surface area contributed by atoms with Gasteiger partial charge in [-0.25, -0.2) is 0 Å². The van der Waals surface area contributed by atoms with Gasteiger partial charge < -0.3 is 10.2 Å². The quantitative estimate of drug-likeness (QED) is 0.915. The van der Waals surface area contributed by atoms with Crippen LogP contribution in [0.3, 0.4) is 0 Å². The molecule has 1 fully saturated rings. The van der Waals surface area contributed by atoms with E-state index in [4.69, 9.17) is 0 Å². The number of nitrogens with zero attached hydrogens (tertiary/aromatic N) is 1. The molecular formula is C17H26N2O. The van der Waals surface area contributed by atoms with E-state index in [0.29, 0.717) is 6.04 Å². The first-order chi connectivity index (χ1) is 9.58. The molecule has 3 nitrogen and oxygen atoms in total. The fourth-order valence-corrected chi connectivity index (χ4v) is 2.79. The summed E-state index contributed by atoms with van der Waals surface area (Å²) in [5, 5.41) is 3.53. The Morgan fingerprint density at radius 1 is 1.40 bits per heavy atom. The summed E-state index contributed by atoms with van der Waals surface area (Å²) in [5.74, 6) is 0.149. The summed E-state index contributed by atoms with van der Waals surface area (Å²) in [5.41, 5.74) is 1.94. The van der Waals surface area contributed by atoms with Crippen molar-refractivity contribution in [2.75, 3.05) is 13.1 Å². The van der Waals surface area contributed by atoms with Crippen LogP contribution in [0.1, 0.15) is 49.0 Å². The Bertz CT molecular complexity index is 450. The number of hydrogen-bond donors (Lipinski definition) is 1. The molecule has 1 aromatic rings. The van der Waals surface area contributed by atoms with Crippen LogP contribution in [0.25, 0.3) is 0 Å². The fraction of sp³-hybridized carbons (Fsp3) is 0.588. The van der Waals surface area contributed by atoms with Crippen LogP contribution in [0.4, 0.5) is 0 Å². The molecule has 1 aromatic carbocycles. The molecule has 1 N–H and O–H groups in total. The van der Waals surface area contributed by atoms with E-state index in [1.807, 2.05) is 36.1 Å². The van der Waals surface area contributed by atoms with Gasteiger partial charge in [0.2, 0.25) is 0 Å². The highest BCUT2D eigenvalue weighted by atomic mass is 16.2. The van der Waals surface area contributed by atoms with E-state index < -0.39 is 0 Å². The van der Waals surface area contributed by atoms with Crippen LogP contribution in [0, 0.1) is 6.92 Å². The third-order valence-corrected chi connectivity index (χ3v) is 3.98. The number of aryl methyl sites for hydroxylation is 1. The first-order valence-corrected chi connectivity index (χ1v) is 7.69. The number of piperidine rings is 1. The second kappa shape index (κ2) is 6.89. The number of benzene rings is 1. The summed E-state index contributed by atoms with van der Waals surface area (Å²) >= 11 is 0. The number of rotatable bonds is 4. The number of hydrogen-bond acceptors (Lipinski definition) is 2. The van der Waals surface area contributed by atoms with Crippen LogP contribution in [0.5, 0.6) is 0 Å². The fourth-order valence-electron chi connectivity index (χ4n) is 2.79. The maximum Gasteiger partial charge on any atom is 0.254 e. The molecule has 1 saturated heterocycles. The molecule has 0 spiro atoms. The van der Waals surface area contributed by atoms with Crippen molar-refractivity contribution in [3.05, 3.63) is 35.4 Å². The van der Waals surface area contributed by atoms with Gasteiger partial charge in [-0.05, 0) is 52.3 Å². The Kier molecular flexibility index (Phi) is 5.18. The largest absolute Gasteiger partial charge is 0.335 e. The molecule has 0 aromatic heterocycles. The first-order valence-electron chi connectivity index (χ1n) is 7.69. The highest BCUT2D eigenvalue weighted by molar-refractivity contribution is 5.94. The molecule has 110 valence electrons. The van der Waals surface area contributed by atoms with Crippen LogP contribution in [-0.4, -0.2) is 36.0 Å². The van der Waals surface area contributed by atoms with Crippen LogP contribution < -0.4 is 5.32 Å². The maximum atomic E-state index is 12.7. The molecule has 2 rings (SSSR count). The lowest BCUT2D eigenvalue weighted by atomic mass is 10.0. The SMILES string of the molecule is Cc1cccc(C(=O)N(CC2CCCCN2)C(C)C)c1. The Morgan fingerprint density at radius 3 is 2.80 bits per heavy atom. The zero-order chi connectivity index (χ0) is 14.5. The second-order valence-electron chi connectivity index (χ2n) is 6.07. The Labute approximate surface area is 122 Å². The van der Waals surface area contributed by atoms with Gasteiger partial charge in [0.05, 0.1) is 0 Å². The van der Waals surface area contributed by atoms with Crippen molar-refractivity contribution in [2.45, 2.75) is 52.1 Å². The van der Waals surface area contributed by atoms with E-state index >= 15 is 0 Å². The van der Waals surface area contributed by atoms with E-state index in [1.54, 1.807) is 0 Å². The van der Waals surface area contributed by atoms with Crippen molar-refractivity contribution >= 4 is 5.91 Å². The average Bonchev–Trinajstić information content (AvgIpc) is 2.45. The smallest absolute Gasteiger partial charge is 0.254 e. The number of amides is 1. The lowest BCUT2D eigenvalue weighted by Crippen LogP contribution is -2.48. The summed E-state index contributed by atoms with van der Waals surface area (Å²) in [6.07, 6.45) is 3.69. The van der Waals surface area contributed by atoms with Crippen LogP contribution >= 0.6 is 0 Å². The molecule has 0 bridgehead atoms. The summed E-state index contributed by atoms with van der Waals surface area (Å²) in [6, 6.07) is 8.55. The van der Waals surface area contributed by atoms with E-state index in [2.05, 4.69) is 19.2 Å². The Hall–Kier alpha value is -1.35. The average molecular weight is 274 g/mol. The first kappa shape index (κ1) is 15.0. The van der Waals surface area contributed by atoms with E-state index in [-0.39, 0.29) is 11.9 Å². The van der Waals surface area contributed by atoms with E-state index in [9.17, 15) is 4.79 Å². The van der Waals surface area contributed by atoms with Gasteiger partial charge in [-0.1, -0.05) is 24.1 Å². The molecule has 1 aliphatic rings. The normalized spacial score (nSPS) is 19.1. The standard InChI is InChI=1S/C17H26N2O/c1-13(2)19(12-16-9-4-5-10-18-16)17(20)15-8-6-7-14(3)11-15/h6-8,11,13,16,18H,4-5,9-10,12H2,1-3H3. The monoisotopic (exact) mass is 274 g/mol. The van der Waals surface area contributed by atoms with Crippen molar-refractivity contribution in [1.29, 1.82) is 0 Å². The third-order valence-electron chi connectivity index (χ3n) is 3.98. The predicted molar refractivity (Wildman–Crippen MR) is 83.0 cm³/mol. The molecule has 1 heterocycles. The number of carbonyl (C=O) groups excluding carboxylic acids is 1. The highest BCUT2D eigenvalue weighted by Crippen LogP contribution is 2.14. The lowest BCUT2D eigenvalue weighted by Gasteiger charge is -2.33. The topological polar surface area (TPSA) is 32.3 Å². The van der Waals surface area contributed by atoms with Crippen molar-refractivity contribution in [3.63, 3.8) is 0 Å². The third kappa shape index (κ3) is 3.83. The van der Waals surface area contributed by atoms with Crippen molar-refractivity contribution in [2.24, 2.45) is 0 Å². The molecule has 1 aliphatic heterocycles. The molecule has 1 unspecified atom stereocenters. The van der Waals surface area contributed by atoms with Crippen LogP contribution in [0.2, 0.25) is 0 Å². The molecule has 3 heteroatoms. The molecule has 1 atom stereocenters. The minimum absolute atomic E-state index is 0.149. The molecule has 0 radical (unpaired) electrons. The Balaban J connectivity index is 2.09. The summed E-state index contributed by atoms with van der Waals surface area (Å²) < 4.78 is 0. The van der Waals surface area contributed by atoms with Gasteiger partial charge >= 0.3 is 0 Å². The van der Waals surface area contributed by atoms with Gasteiger partial charge in [0.15, 0.2) is 0 Å².